The Labute approximate surface area is 140 Å². The molecule has 0 fully saturated rings. The van der Waals surface area contributed by atoms with E-state index in [2.05, 4.69) is 6.07 Å². The second-order valence-electron chi connectivity index (χ2n) is 5.57. The van der Waals surface area contributed by atoms with Crippen LogP contribution in [0.4, 0.5) is 5.00 Å². The number of hydrogen-bond acceptors (Lipinski definition) is 4. The minimum atomic E-state index is -0.830. The van der Waals surface area contributed by atoms with E-state index in [9.17, 15) is 10.1 Å². The van der Waals surface area contributed by atoms with E-state index in [1.165, 1.54) is 0 Å². The molecule has 4 nitrogen and oxygen atoms in total. The van der Waals surface area contributed by atoms with Crippen LogP contribution in [0.5, 0.6) is 0 Å². The summed E-state index contributed by atoms with van der Waals surface area (Å²) in [5.74, 6) is -0.830. The molecule has 5 heteroatoms. The lowest BCUT2D eigenvalue weighted by atomic mass is 10.1. The van der Waals surface area contributed by atoms with Crippen molar-refractivity contribution in [2.75, 3.05) is 11.4 Å². The van der Waals surface area contributed by atoms with Crippen LogP contribution in [0.25, 0.3) is 0 Å². The minimum Gasteiger partial charge on any atom is -0.481 e. The molecular formula is C18H20N2O2S. The van der Waals surface area contributed by atoms with Crippen LogP contribution in [0.1, 0.15) is 33.6 Å². The first kappa shape index (κ1) is 17.0. The van der Waals surface area contributed by atoms with Gasteiger partial charge in [0, 0.05) is 18.0 Å². The fraction of sp³-hybridized carbons (Fsp3) is 0.333. The quantitative estimate of drug-likeness (QED) is 0.869. The van der Waals surface area contributed by atoms with Gasteiger partial charge in [0.1, 0.15) is 11.1 Å². The number of aliphatic carboxylic acids is 1. The Balaban J connectivity index is 2.39. The molecule has 2 aromatic rings. The van der Waals surface area contributed by atoms with E-state index < -0.39 is 5.97 Å². The van der Waals surface area contributed by atoms with Gasteiger partial charge in [0.2, 0.25) is 0 Å². The molecule has 0 aliphatic rings. The van der Waals surface area contributed by atoms with Gasteiger partial charge in [-0.3, -0.25) is 4.79 Å². The normalized spacial score (nSPS) is 10.3. The predicted octanol–water partition coefficient (Wildman–Crippen LogP) is 4.03. The average molecular weight is 328 g/mol. The van der Waals surface area contributed by atoms with Crippen molar-refractivity contribution in [3.63, 3.8) is 0 Å². The number of anilines is 1. The number of carbonyl (C=O) groups is 1. The summed E-state index contributed by atoms with van der Waals surface area (Å²) in [6.07, 6.45) is 0.0484. The molecule has 1 heterocycles. The molecule has 0 amide bonds. The molecule has 0 spiro atoms. The second-order valence-corrected chi connectivity index (χ2v) is 6.77. The van der Waals surface area contributed by atoms with Crippen LogP contribution in [-0.4, -0.2) is 17.6 Å². The van der Waals surface area contributed by atoms with Crippen LogP contribution in [0, 0.1) is 32.1 Å². The van der Waals surface area contributed by atoms with Crippen molar-refractivity contribution in [2.24, 2.45) is 0 Å². The SMILES string of the molecule is Cc1ccccc1CN(CCC(=O)O)c1sc(C)c(C)c1C#N. The fourth-order valence-electron chi connectivity index (χ4n) is 2.44. The molecule has 23 heavy (non-hydrogen) atoms. The number of carboxylic acids is 1. The molecule has 0 radical (unpaired) electrons. The molecule has 1 aromatic carbocycles. The van der Waals surface area contributed by atoms with Crippen molar-refractivity contribution in [1.29, 1.82) is 5.26 Å². The van der Waals surface area contributed by atoms with Crippen LogP contribution < -0.4 is 4.90 Å². The van der Waals surface area contributed by atoms with E-state index in [1.54, 1.807) is 11.3 Å². The molecule has 0 atom stereocenters. The van der Waals surface area contributed by atoms with Crippen molar-refractivity contribution in [2.45, 2.75) is 33.7 Å². The van der Waals surface area contributed by atoms with Crippen LogP contribution in [-0.2, 0) is 11.3 Å². The van der Waals surface area contributed by atoms with Gasteiger partial charge in [-0.2, -0.15) is 5.26 Å². The van der Waals surface area contributed by atoms with Crippen molar-refractivity contribution >= 4 is 22.3 Å². The maximum Gasteiger partial charge on any atom is 0.305 e. The van der Waals surface area contributed by atoms with Gasteiger partial charge in [0.05, 0.1) is 12.0 Å². The topological polar surface area (TPSA) is 64.3 Å². The summed E-state index contributed by atoms with van der Waals surface area (Å²) < 4.78 is 0. The number of aryl methyl sites for hydroxylation is 2. The Bertz CT molecular complexity index is 759. The van der Waals surface area contributed by atoms with E-state index in [1.807, 2.05) is 49.9 Å². The van der Waals surface area contributed by atoms with E-state index in [4.69, 9.17) is 5.11 Å². The number of rotatable bonds is 6. The Morgan fingerprint density at radius 1 is 1.30 bits per heavy atom. The highest BCUT2D eigenvalue weighted by Crippen LogP contribution is 2.35. The Kier molecular flexibility index (Phi) is 5.41. The van der Waals surface area contributed by atoms with Gasteiger partial charge < -0.3 is 10.0 Å². The second kappa shape index (κ2) is 7.30. The van der Waals surface area contributed by atoms with Crippen molar-refractivity contribution in [3.05, 3.63) is 51.4 Å². The molecular weight excluding hydrogens is 308 g/mol. The zero-order valence-corrected chi connectivity index (χ0v) is 14.4. The molecule has 1 aromatic heterocycles. The third-order valence-corrected chi connectivity index (χ3v) is 5.25. The largest absolute Gasteiger partial charge is 0.481 e. The Morgan fingerprint density at radius 2 is 2.00 bits per heavy atom. The molecule has 0 bridgehead atoms. The van der Waals surface area contributed by atoms with Crippen molar-refractivity contribution in [3.8, 4) is 6.07 Å². The summed E-state index contributed by atoms with van der Waals surface area (Å²) in [5.41, 5.74) is 3.95. The number of benzene rings is 1. The molecule has 2 rings (SSSR count). The summed E-state index contributed by atoms with van der Waals surface area (Å²) in [7, 11) is 0. The summed E-state index contributed by atoms with van der Waals surface area (Å²) in [5, 5.41) is 19.4. The molecule has 0 saturated heterocycles. The van der Waals surface area contributed by atoms with E-state index in [-0.39, 0.29) is 6.42 Å². The van der Waals surface area contributed by atoms with E-state index >= 15 is 0 Å². The molecule has 0 aliphatic heterocycles. The Morgan fingerprint density at radius 3 is 2.61 bits per heavy atom. The third kappa shape index (κ3) is 3.91. The third-order valence-electron chi connectivity index (χ3n) is 3.98. The van der Waals surface area contributed by atoms with Crippen LogP contribution in [0.3, 0.4) is 0 Å². The van der Waals surface area contributed by atoms with Gasteiger partial charge in [-0.05, 0) is 37.5 Å². The van der Waals surface area contributed by atoms with Crippen molar-refractivity contribution in [1.82, 2.24) is 0 Å². The van der Waals surface area contributed by atoms with Gasteiger partial charge >= 0.3 is 5.97 Å². The highest BCUT2D eigenvalue weighted by atomic mass is 32.1. The van der Waals surface area contributed by atoms with Crippen molar-refractivity contribution < 1.29 is 9.90 Å². The number of nitriles is 1. The summed E-state index contributed by atoms with van der Waals surface area (Å²) in [6.45, 7) is 6.97. The highest BCUT2D eigenvalue weighted by molar-refractivity contribution is 7.16. The monoisotopic (exact) mass is 328 g/mol. The van der Waals surface area contributed by atoms with Gasteiger partial charge in [-0.15, -0.1) is 11.3 Å². The molecule has 1 N–H and O–H groups in total. The number of hydrogen-bond donors (Lipinski definition) is 1. The fourth-order valence-corrected chi connectivity index (χ4v) is 3.57. The predicted molar refractivity (Wildman–Crippen MR) is 93.0 cm³/mol. The molecule has 120 valence electrons. The zero-order chi connectivity index (χ0) is 17.0. The summed E-state index contributed by atoms with van der Waals surface area (Å²) >= 11 is 1.56. The lowest BCUT2D eigenvalue weighted by molar-refractivity contribution is -0.136. The van der Waals surface area contributed by atoms with Gasteiger partial charge in [-0.25, -0.2) is 0 Å². The molecule has 0 unspecified atom stereocenters. The standard InChI is InChI=1S/C18H20N2O2S/c1-12-6-4-5-7-15(12)11-20(9-8-17(21)22)18-16(10-19)13(2)14(3)23-18/h4-7H,8-9,11H2,1-3H3,(H,21,22). The first-order valence-electron chi connectivity index (χ1n) is 7.45. The first-order chi connectivity index (χ1) is 10.9. The number of carboxylic acid groups (broad SMARTS) is 1. The van der Waals surface area contributed by atoms with Crippen LogP contribution in [0.15, 0.2) is 24.3 Å². The lowest BCUT2D eigenvalue weighted by Crippen LogP contribution is -2.26. The Hall–Kier alpha value is -2.32. The summed E-state index contributed by atoms with van der Waals surface area (Å²) in [6, 6.07) is 10.3. The molecule has 0 saturated carbocycles. The zero-order valence-electron chi connectivity index (χ0n) is 13.6. The van der Waals surface area contributed by atoms with Crippen LogP contribution >= 0.6 is 11.3 Å². The summed E-state index contributed by atoms with van der Waals surface area (Å²) in [4.78, 5) is 14.1. The highest BCUT2D eigenvalue weighted by Gasteiger charge is 2.19. The van der Waals surface area contributed by atoms with E-state index in [0.717, 1.165) is 26.6 Å². The maximum atomic E-state index is 11.0. The first-order valence-corrected chi connectivity index (χ1v) is 8.27. The van der Waals surface area contributed by atoms with Gasteiger partial charge in [-0.1, -0.05) is 24.3 Å². The number of thiophene rings is 1. The molecule has 0 aliphatic carbocycles. The average Bonchev–Trinajstić information content (AvgIpc) is 2.80. The van der Waals surface area contributed by atoms with Crippen LogP contribution in [0.2, 0.25) is 0 Å². The number of nitrogens with zero attached hydrogens (tertiary/aromatic N) is 2. The van der Waals surface area contributed by atoms with Gasteiger partial charge in [0.15, 0.2) is 0 Å². The minimum absolute atomic E-state index is 0.0484. The van der Waals surface area contributed by atoms with E-state index in [0.29, 0.717) is 18.7 Å². The van der Waals surface area contributed by atoms with Gasteiger partial charge in [0.25, 0.3) is 0 Å². The lowest BCUT2D eigenvalue weighted by Gasteiger charge is -2.24. The smallest absolute Gasteiger partial charge is 0.305 e. The maximum absolute atomic E-state index is 11.0.